The maximum absolute atomic E-state index is 14.2. The summed E-state index contributed by atoms with van der Waals surface area (Å²) in [5.41, 5.74) is 4.84. The number of hydrogen-bond acceptors (Lipinski definition) is 15. The number of carboxylic acids is 1. The van der Waals surface area contributed by atoms with E-state index in [4.69, 9.17) is 85.7 Å². The fourth-order valence-electron chi connectivity index (χ4n) is 10.6. The number of carbonyl (C=O) groups is 4. The van der Waals surface area contributed by atoms with Crippen LogP contribution in [-0.4, -0.2) is 139 Å². The second-order valence-electron chi connectivity index (χ2n) is 21.2. The number of aliphatic carboxylic acids is 1. The quantitative estimate of drug-likeness (QED) is 0.0607. The molecule has 6 aromatic rings. The van der Waals surface area contributed by atoms with Gasteiger partial charge < -0.3 is 26.4 Å². The molecule has 0 radical (unpaired) electrons. The number of carboxylic acid groups (broad SMARTS) is 1. The summed E-state index contributed by atoms with van der Waals surface area (Å²) in [6.07, 6.45) is 2.69. The van der Waals surface area contributed by atoms with Gasteiger partial charge in [-0.05, 0) is 125 Å². The molecular formula is C57H60Cl6N12O11S2. The summed E-state index contributed by atoms with van der Waals surface area (Å²) in [6.45, 7) is 6.88. The predicted molar refractivity (Wildman–Crippen MR) is 332 cm³/mol. The molecule has 2 saturated heterocycles. The van der Waals surface area contributed by atoms with Gasteiger partial charge in [-0.2, -0.15) is 19.1 Å². The van der Waals surface area contributed by atoms with Crippen LogP contribution in [0.1, 0.15) is 75.6 Å². The number of amides is 3. The number of carbonyl (C=O) groups excluding carboxylic acids is 3. The van der Waals surface area contributed by atoms with Gasteiger partial charge in [0.15, 0.2) is 10.1 Å². The maximum Gasteiger partial charge on any atom is 0.322 e. The number of benzene rings is 4. The number of anilines is 4. The van der Waals surface area contributed by atoms with Gasteiger partial charge in [0.2, 0.25) is 17.8 Å². The highest BCUT2D eigenvalue weighted by Crippen LogP contribution is 2.47. The molecule has 4 aromatic carbocycles. The first-order valence-electron chi connectivity index (χ1n) is 27.0. The van der Waals surface area contributed by atoms with Crippen molar-refractivity contribution in [2.75, 3.05) is 41.3 Å². The first kappa shape index (κ1) is 69.1. The average Bonchev–Trinajstić information content (AvgIpc) is 1.59. The van der Waals surface area contributed by atoms with E-state index in [1.165, 1.54) is 68.5 Å². The lowest BCUT2D eigenvalue weighted by Gasteiger charge is -2.29. The predicted octanol–water partition coefficient (Wildman–Crippen LogP) is 8.03. The Morgan fingerprint density at radius 1 is 0.670 bits per heavy atom. The first-order valence-corrected chi connectivity index (χ1v) is 32.5. The average molecular weight is 1370 g/mol. The van der Waals surface area contributed by atoms with Crippen LogP contribution in [0.25, 0.3) is 0 Å². The highest BCUT2D eigenvalue weighted by Gasteiger charge is 2.55. The molecule has 0 spiro atoms. The number of sulfonamides is 2. The normalized spacial score (nSPS) is 20.5. The van der Waals surface area contributed by atoms with Gasteiger partial charge in [0.05, 0.1) is 64.6 Å². The second kappa shape index (κ2) is 28.6. The number of imidazole rings is 2. The van der Waals surface area contributed by atoms with Crippen molar-refractivity contribution in [2.24, 2.45) is 5.73 Å². The van der Waals surface area contributed by atoms with E-state index in [9.17, 15) is 51.5 Å². The molecule has 10 rings (SSSR count). The molecule has 2 aromatic heterocycles. The van der Waals surface area contributed by atoms with Crippen LogP contribution in [0.3, 0.4) is 0 Å². The smallest absolute Gasteiger partial charge is 0.322 e. The van der Waals surface area contributed by atoms with E-state index in [0.29, 0.717) is 59.4 Å². The Morgan fingerprint density at radius 3 is 1.35 bits per heavy atom. The highest BCUT2D eigenvalue weighted by molar-refractivity contribution is 7.89. The lowest BCUT2D eigenvalue weighted by Crippen LogP contribution is -2.48. The van der Waals surface area contributed by atoms with Gasteiger partial charge in [-0.1, -0.05) is 70.7 Å². The molecule has 88 heavy (non-hydrogen) atoms. The summed E-state index contributed by atoms with van der Waals surface area (Å²) >= 11 is 34.5. The van der Waals surface area contributed by atoms with Crippen molar-refractivity contribution >= 4 is 137 Å². The molecule has 6 heterocycles. The van der Waals surface area contributed by atoms with Crippen LogP contribution in [0.5, 0.6) is 0 Å². The zero-order valence-electron chi connectivity index (χ0n) is 47.6. The molecule has 2 fully saturated rings. The van der Waals surface area contributed by atoms with Crippen molar-refractivity contribution in [1.29, 1.82) is 10.5 Å². The number of aliphatic hydroxyl groups excluding tert-OH is 2. The summed E-state index contributed by atoms with van der Waals surface area (Å²) in [6, 6.07) is 24.3. The third-order valence-electron chi connectivity index (χ3n) is 14.7. The molecule has 0 saturated carbocycles. The topological polar surface area (TPSA) is 331 Å². The number of nitrogens with zero attached hydrogens (tertiary/aromatic N) is 10. The number of nitrogens with one attached hydrogen (secondary N) is 1. The van der Waals surface area contributed by atoms with Crippen LogP contribution < -0.4 is 20.9 Å². The van der Waals surface area contributed by atoms with Crippen molar-refractivity contribution in [1.82, 2.24) is 33.0 Å². The van der Waals surface area contributed by atoms with Gasteiger partial charge in [-0.3, -0.25) is 28.3 Å². The lowest BCUT2D eigenvalue weighted by atomic mass is 9.91. The molecule has 6 atom stereocenters. The van der Waals surface area contributed by atoms with E-state index in [1.54, 1.807) is 69.3 Å². The van der Waals surface area contributed by atoms with Gasteiger partial charge in [-0.15, -0.1) is 23.2 Å². The standard InChI is InChI=1S/C28H28Cl2N6O5S.C25H21Cl2N5O5S.C3H9NO.CH2Cl2/c1-17(37)15-32-25(38)23-4-3-9-34(23)42(40,41)24-16-33-27-35(22-11-20(29)10-21(30)12-22)26(39)28(2,36(24)27)13-18-5-7-19(14-31)8-6-18;1-25(12-15-4-6-16(13-28)7-5-15)23(35)31(19-10-17(26)9-18(27)11-19)24-29-14-21(32(24)25)38(36,37)30-8-2-3-20(30)22(33)34;1-3(5)2-4;2-1-3/h5-8,10-12,16-17,23,37H,3-4,9,13,15H2,1-2H3,(H,32,38);4-7,9-11,14,20H,2-3,8,12H2,1H3,(H,33,34);3,5H,2,4H2,1H3;1H2/t17-,23-,28+;20-,25+;3-;/m000./s1. The molecule has 0 unspecified atom stereocenters. The van der Waals surface area contributed by atoms with Gasteiger partial charge in [0.25, 0.3) is 31.9 Å². The van der Waals surface area contributed by atoms with Crippen molar-refractivity contribution in [3.8, 4) is 12.1 Å². The Kier molecular flexibility index (Phi) is 22.5. The molecule has 468 valence electrons. The summed E-state index contributed by atoms with van der Waals surface area (Å²) in [7, 11) is -8.69. The molecule has 31 heteroatoms. The Bertz CT molecular complexity index is 3880. The number of nitrogens with two attached hydrogens (primary N) is 1. The number of nitriles is 2. The van der Waals surface area contributed by atoms with E-state index in [-0.39, 0.29) is 92.4 Å². The molecule has 23 nitrogen and oxygen atoms in total. The Hall–Kier alpha value is -6.40. The Labute approximate surface area is 538 Å². The molecule has 0 aliphatic carbocycles. The van der Waals surface area contributed by atoms with Crippen molar-refractivity contribution in [2.45, 2.75) is 112 Å². The van der Waals surface area contributed by atoms with E-state index < -0.39 is 73.0 Å². The number of aromatic nitrogens is 4. The number of alkyl halides is 2. The number of aliphatic hydroxyl groups is 2. The van der Waals surface area contributed by atoms with Crippen molar-refractivity contribution in [3.63, 3.8) is 0 Å². The summed E-state index contributed by atoms with van der Waals surface area (Å²) in [5.74, 6) is -2.59. The summed E-state index contributed by atoms with van der Waals surface area (Å²) in [4.78, 5) is 64.3. The number of hydrogen-bond donors (Lipinski definition) is 5. The van der Waals surface area contributed by atoms with Crippen molar-refractivity contribution in [3.05, 3.63) is 140 Å². The fourth-order valence-corrected chi connectivity index (χ4v) is 15.3. The largest absolute Gasteiger partial charge is 0.480 e. The number of fused-ring (bicyclic) bond motifs is 2. The third-order valence-corrected chi connectivity index (χ3v) is 19.3. The molecule has 3 amide bonds. The number of rotatable bonds is 15. The van der Waals surface area contributed by atoms with Crippen LogP contribution in [0.15, 0.2) is 107 Å². The van der Waals surface area contributed by atoms with Crippen LogP contribution >= 0.6 is 69.6 Å². The third kappa shape index (κ3) is 14.4. The zero-order chi connectivity index (χ0) is 64.8. The molecule has 6 N–H and O–H groups in total. The molecule has 4 aliphatic rings. The summed E-state index contributed by atoms with van der Waals surface area (Å²) < 4.78 is 60.9. The lowest BCUT2D eigenvalue weighted by molar-refractivity contribution is -0.140. The minimum absolute atomic E-state index is 0.0143. The van der Waals surface area contributed by atoms with Crippen LogP contribution in [0.4, 0.5) is 23.3 Å². The van der Waals surface area contributed by atoms with Crippen LogP contribution in [0.2, 0.25) is 20.1 Å². The van der Waals surface area contributed by atoms with Gasteiger partial charge in [0, 0.05) is 59.1 Å². The van der Waals surface area contributed by atoms with Gasteiger partial charge in [-0.25, -0.2) is 36.6 Å². The minimum Gasteiger partial charge on any atom is -0.480 e. The molecule has 0 bridgehead atoms. The van der Waals surface area contributed by atoms with Gasteiger partial charge >= 0.3 is 5.97 Å². The van der Waals surface area contributed by atoms with E-state index >= 15 is 0 Å². The SMILES string of the molecule is C[C@@]1(Cc2ccc(C#N)cc2)C(=O)N(c2cc(Cl)cc(Cl)c2)c2ncc(S(=O)(=O)N3CCC[C@H]3C(=O)O)n21.C[C@H](O)CN.C[C@H](O)CNC(=O)[C@@H]1CCCN1S(=O)(=O)c1cnc2n1[C@](C)(Cc1ccc(C#N)cc1)C(=O)N2c1cc(Cl)cc(Cl)c1.ClCCl. The first-order chi connectivity index (χ1) is 41.5. The van der Waals surface area contributed by atoms with E-state index in [1.807, 2.05) is 6.07 Å². The summed E-state index contributed by atoms with van der Waals surface area (Å²) in [5, 5.41) is 49.2. The van der Waals surface area contributed by atoms with Crippen molar-refractivity contribution < 1.29 is 51.3 Å². The minimum atomic E-state index is -4.36. The van der Waals surface area contributed by atoms with Gasteiger partial charge in [0.1, 0.15) is 23.2 Å². The van der Waals surface area contributed by atoms with Crippen LogP contribution in [-0.2, 0) is 63.1 Å². The molecule has 4 aliphatic heterocycles. The van der Waals surface area contributed by atoms with E-state index in [0.717, 1.165) is 14.8 Å². The second-order valence-corrected chi connectivity index (χ2v) is 27.4. The Balaban J connectivity index is 0.000000225. The Morgan fingerprint density at radius 2 is 1.02 bits per heavy atom. The fraction of sp³-hybridized carbons (Fsp3) is 0.368. The highest BCUT2D eigenvalue weighted by atomic mass is 35.5. The zero-order valence-corrected chi connectivity index (χ0v) is 53.7. The molecular weight excluding hydrogens is 1310 g/mol. The maximum atomic E-state index is 14.2. The number of halogens is 6. The van der Waals surface area contributed by atoms with Crippen LogP contribution in [0, 0.1) is 22.7 Å². The monoisotopic (exact) mass is 1360 g/mol. The van der Waals surface area contributed by atoms with E-state index in [2.05, 4.69) is 21.4 Å².